The molecule has 1 amide bonds. The highest BCUT2D eigenvalue weighted by atomic mass is 16.1. The number of amides is 1. The van der Waals surface area contributed by atoms with Crippen LogP contribution in [0, 0.1) is 0 Å². The van der Waals surface area contributed by atoms with Crippen molar-refractivity contribution in [2.75, 3.05) is 0 Å². The molecule has 3 nitrogen and oxygen atoms in total. The molecule has 1 saturated carbocycles. The van der Waals surface area contributed by atoms with Crippen molar-refractivity contribution >= 4 is 5.91 Å². The van der Waals surface area contributed by atoms with Gasteiger partial charge < -0.3 is 11.1 Å². The summed E-state index contributed by atoms with van der Waals surface area (Å²) in [6.07, 6.45) is 2.90. The summed E-state index contributed by atoms with van der Waals surface area (Å²) in [5.74, 6) is 0.0213. The summed E-state index contributed by atoms with van der Waals surface area (Å²) in [6.45, 7) is 3.46. The topological polar surface area (TPSA) is 55.1 Å². The standard InChI is InChI=1S/C7H12N2O/c1-2-3-7(10)9-6-4-5(6)8/h2,5-6H,1,3-4,8H2,(H,9,10). The Balaban J connectivity index is 2.13. The van der Waals surface area contributed by atoms with Crippen LogP contribution in [0.2, 0.25) is 0 Å². The molecule has 3 heteroatoms. The zero-order valence-electron chi connectivity index (χ0n) is 5.84. The Hall–Kier alpha value is -0.830. The van der Waals surface area contributed by atoms with Crippen LogP contribution in [0.1, 0.15) is 12.8 Å². The van der Waals surface area contributed by atoms with E-state index in [2.05, 4.69) is 11.9 Å². The molecule has 2 unspecified atom stereocenters. The molecule has 0 saturated heterocycles. The van der Waals surface area contributed by atoms with Crippen LogP contribution >= 0.6 is 0 Å². The van der Waals surface area contributed by atoms with Crippen molar-refractivity contribution in [3.8, 4) is 0 Å². The van der Waals surface area contributed by atoms with Gasteiger partial charge in [0.1, 0.15) is 0 Å². The average molecular weight is 140 g/mol. The lowest BCUT2D eigenvalue weighted by atomic mass is 10.4. The minimum atomic E-state index is 0.0213. The smallest absolute Gasteiger partial charge is 0.224 e. The maximum Gasteiger partial charge on any atom is 0.224 e. The number of carbonyl (C=O) groups excluding carboxylic acids is 1. The second-order valence-electron chi connectivity index (χ2n) is 2.57. The molecule has 0 bridgehead atoms. The molecule has 3 N–H and O–H groups in total. The van der Waals surface area contributed by atoms with E-state index in [-0.39, 0.29) is 18.0 Å². The van der Waals surface area contributed by atoms with Crippen LogP contribution in [0.5, 0.6) is 0 Å². The van der Waals surface area contributed by atoms with Gasteiger partial charge in [-0.05, 0) is 6.42 Å². The Kier molecular flexibility index (Phi) is 2.06. The van der Waals surface area contributed by atoms with Crippen LogP contribution in [0.3, 0.4) is 0 Å². The van der Waals surface area contributed by atoms with E-state index in [1.165, 1.54) is 0 Å². The van der Waals surface area contributed by atoms with E-state index >= 15 is 0 Å². The molecule has 0 aromatic rings. The highest BCUT2D eigenvalue weighted by Gasteiger charge is 2.34. The summed E-state index contributed by atoms with van der Waals surface area (Å²) in [4.78, 5) is 10.8. The third-order valence-corrected chi connectivity index (χ3v) is 1.52. The predicted octanol–water partition coefficient (Wildman–Crippen LogP) is -0.222. The number of nitrogens with two attached hydrogens (primary N) is 1. The van der Waals surface area contributed by atoms with Crippen molar-refractivity contribution in [1.82, 2.24) is 5.32 Å². The first-order chi connectivity index (χ1) is 4.74. The lowest BCUT2D eigenvalue weighted by molar-refractivity contribution is -0.120. The van der Waals surface area contributed by atoms with Gasteiger partial charge in [-0.2, -0.15) is 0 Å². The van der Waals surface area contributed by atoms with Crippen LogP contribution in [-0.2, 0) is 4.79 Å². The van der Waals surface area contributed by atoms with Gasteiger partial charge in [0.15, 0.2) is 0 Å². The Labute approximate surface area is 60.3 Å². The fourth-order valence-corrected chi connectivity index (χ4v) is 0.777. The highest BCUT2D eigenvalue weighted by molar-refractivity contribution is 5.78. The van der Waals surface area contributed by atoms with E-state index in [9.17, 15) is 4.79 Å². The van der Waals surface area contributed by atoms with Crippen LogP contribution in [0.15, 0.2) is 12.7 Å². The third-order valence-electron chi connectivity index (χ3n) is 1.52. The minimum absolute atomic E-state index is 0.0213. The van der Waals surface area contributed by atoms with Gasteiger partial charge in [0.05, 0.1) is 0 Å². The van der Waals surface area contributed by atoms with Crippen molar-refractivity contribution in [3.05, 3.63) is 12.7 Å². The molecule has 0 spiro atoms. The molecule has 1 aliphatic rings. The Morgan fingerprint density at radius 2 is 2.50 bits per heavy atom. The van der Waals surface area contributed by atoms with Gasteiger partial charge in [-0.15, -0.1) is 6.58 Å². The van der Waals surface area contributed by atoms with Crippen LogP contribution in [0.4, 0.5) is 0 Å². The first-order valence-corrected chi connectivity index (χ1v) is 3.40. The lowest BCUT2D eigenvalue weighted by Crippen LogP contribution is -2.28. The van der Waals surface area contributed by atoms with Crippen LogP contribution < -0.4 is 11.1 Å². The van der Waals surface area contributed by atoms with E-state index in [4.69, 9.17) is 5.73 Å². The van der Waals surface area contributed by atoms with E-state index in [0.717, 1.165) is 6.42 Å². The van der Waals surface area contributed by atoms with Gasteiger partial charge in [0, 0.05) is 18.5 Å². The second kappa shape index (κ2) is 2.84. The van der Waals surface area contributed by atoms with Gasteiger partial charge in [-0.3, -0.25) is 4.79 Å². The molecule has 1 fully saturated rings. The number of rotatable bonds is 3. The first kappa shape index (κ1) is 7.28. The Morgan fingerprint density at radius 3 is 2.90 bits per heavy atom. The van der Waals surface area contributed by atoms with Crippen LogP contribution in [-0.4, -0.2) is 18.0 Å². The number of carbonyl (C=O) groups is 1. The van der Waals surface area contributed by atoms with Gasteiger partial charge in [0.25, 0.3) is 0 Å². The van der Waals surface area contributed by atoms with Crippen molar-refractivity contribution in [1.29, 1.82) is 0 Å². The summed E-state index contributed by atoms with van der Waals surface area (Å²) in [5, 5.41) is 2.77. The second-order valence-corrected chi connectivity index (χ2v) is 2.57. The monoisotopic (exact) mass is 140 g/mol. The molecule has 56 valence electrons. The molecule has 0 heterocycles. The SMILES string of the molecule is C=CCC(=O)NC1CC1N. The normalized spacial score (nSPS) is 29.3. The fraction of sp³-hybridized carbons (Fsp3) is 0.571. The van der Waals surface area contributed by atoms with E-state index in [1.807, 2.05) is 0 Å². The Bertz CT molecular complexity index is 156. The molecule has 1 rings (SSSR count). The molecule has 10 heavy (non-hydrogen) atoms. The van der Waals surface area contributed by atoms with Gasteiger partial charge in [-0.25, -0.2) is 0 Å². The molecule has 0 aromatic heterocycles. The average Bonchev–Trinajstić information content (AvgIpc) is 2.47. The summed E-state index contributed by atoms with van der Waals surface area (Å²) in [6, 6.07) is 0.418. The molecule has 2 atom stereocenters. The maximum absolute atomic E-state index is 10.8. The number of hydrogen-bond donors (Lipinski definition) is 2. The quantitative estimate of drug-likeness (QED) is 0.532. The van der Waals surface area contributed by atoms with E-state index in [1.54, 1.807) is 6.08 Å². The summed E-state index contributed by atoms with van der Waals surface area (Å²) in [5.41, 5.74) is 5.47. The molecule has 0 aliphatic heterocycles. The molecule has 1 aliphatic carbocycles. The minimum Gasteiger partial charge on any atom is -0.351 e. The van der Waals surface area contributed by atoms with Crippen molar-refractivity contribution < 1.29 is 4.79 Å². The predicted molar refractivity (Wildman–Crippen MR) is 39.3 cm³/mol. The van der Waals surface area contributed by atoms with Gasteiger partial charge in [-0.1, -0.05) is 6.08 Å². The van der Waals surface area contributed by atoms with Gasteiger partial charge >= 0.3 is 0 Å². The zero-order chi connectivity index (χ0) is 7.56. The van der Waals surface area contributed by atoms with Gasteiger partial charge in [0.2, 0.25) is 5.91 Å². The number of nitrogens with one attached hydrogen (secondary N) is 1. The van der Waals surface area contributed by atoms with Crippen LogP contribution in [0.25, 0.3) is 0 Å². The fourth-order valence-electron chi connectivity index (χ4n) is 0.777. The Morgan fingerprint density at radius 1 is 1.90 bits per heavy atom. The molecular weight excluding hydrogens is 128 g/mol. The molecular formula is C7H12N2O. The highest BCUT2D eigenvalue weighted by Crippen LogP contribution is 2.17. The number of hydrogen-bond acceptors (Lipinski definition) is 2. The van der Waals surface area contributed by atoms with E-state index < -0.39 is 0 Å². The summed E-state index contributed by atoms with van der Waals surface area (Å²) in [7, 11) is 0. The largest absolute Gasteiger partial charge is 0.351 e. The van der Waals surface area contributed by atoms with Crippen molar-refractivity contribution in [2.24, 2.45) is 5.73 Å². The first-order valence-electron chi connectivity index (χ1n) is 3.40. The summed E-state index contributed by atoms with van der Waals surface area (Å²) < 4.78 is 0. The lowest BCUT2D eigenvalue weighted by Gasteiger charge is -1.98. The third kappa shape index (κ3) is 1.84. The van der Waals surface area contributed by atoms with E-state index in [0.29, 0.717) is 6.42 Å². The summed E-state index contributed by atoms with van der Waals surface area (Å²) >= 11 is 0. The maximum atomic E-state index is 10.8. The van der Waals surface area contributed by atoms with Crippen molar-refractivity contribution in [2.45, 2.75) is 24.9 Å². The zero-order valence-corrected chi connectivity index (χ0v) is 5.84. The molecule has 0 aromatic carbocycles. The molecule has 0 radical (unpaired) electrons. The van der Waals surface area contributed by atoms with Crippen molar-refractivity contribution in [3.63, 3.8) is 0 Å².